The van der Waals surface area contributed by atoms with E-state index in [-0.39, 0.29) is 42.1 Å². The number of aliphatic hydroxyl groups is 1. The average molecular weight is 612 g/mol. The molecule has 2 aromatic carbocycles. The van der Waals surface area contributed by atoms with Crippen LogP contribution in [0.4, 0.5) is 35.2 Å². The zero-order valence-corrected chi connectivity index (χ0v) is 23.8. The molecule has 0 saturated carbocycles. The molecule has 2 atom stereocenters. The summed E-state index contributed by atoms with van der Waals surface area (Å²) < 4.78 is 48.5. The molecule has 1 unspecified atom stereocenters. The highest BCUT2D eigenvalue weighted by Gasteiger charge is 2.44. The molecule has 230 valence electrons. The standard InChI is InChI=1S/C29H28F3N7O5/c1-14(2)38-12-18(28(42)39(29(38)43)17-5-6-19(30)20(31)11-17)27(41)35-16-4-7-22(21(32)10-16)44-23-8-9-33-25-24(23)26(37-36-25)34-15(3)13-40/h4-11,14-15,18,40H,12-13H2,1-3H3,(H,35,41)(H2,33,34,36,37)/t15-,18?/m1/s1. The summed E-state index contributed by atoms with van der Waals surface area (Å²) in [5.74, 6) is -6.11. The van der Waals surface area contributed by atoms with Crippen LogP contribution in [0.2, 0.25) is 0 Å². The van der Waals surface area contributed by atoms with Gasteiger partial charge in [-0.1, -0.05) is 0 Å². The molecule has 1 aliphatic heterocycles. The molecule has 0 bridgehead atoms. The molecule has 4 N–H and O–H groups in total. The number of carbonyl (C=O) groups is 3. The highest BCUT2D eigenvalue weighted by molar-refractivity contribution is 6.23. The Labute approximate surface area is 248 Å². The van der Waals surface area contributed by atoms with Crippen molar-refractivity contribution in [1.82, 2.24) is 20.1 Å². The van der Waals surface area contributed by atoms with Crippen molar-refractivity contribution in [3.63, 3.8) is 0 Å². The lowest BCUT2D eigenvalue weighted by Gasteiger charge is -2.39. The number of pyridine rings is 1. The highest BCUT2D eigenvalue weighted by atomic mass is 19.2. The first-order valence-corrected chi connectivity index (χ1v) is 13.6. The number of nitrogens with zero attached hydrogens (tertiary/aromatic N) is 4. The Hall–Kier alpha value is -5.18. The Bertz CT molecular complexity index is 1750. The molecule has 0 aliphatic carbocycles. The minimum absolute atomic E-state index is 0.00216. The summed E-state index contributed by atoms with van der Waals surface area (Å²) in [5, 5.41) is 22.2. The van der Waals surface area contributed by atoms with Gasteiger partial charge in [0.2, 0.25) is 11.8 Å². The van der Waals surface area contributed by atoms with Gasteiger partial charge in [-0.3, -0.25) is 14.7 Å². The summed E-state index contributed by atoms with van der Waals surface area (Å²) in [6.45, 7) is 4.65. The van der Waals surface area contributed by atoms with Crippen LogP contribution < -0.4 is 20.3 Å². The molecule has 44 heavy (non-hydrogen) atoms. The molecule has 1 aliphatic rings. The monoisotopic (exact) mass is 611 g/mol. The number of hydrogen-bond acceptors (Lipinski definition) is 8. The third-order valence-corrected chi connectivity index (χ3v) is 6.94. The van der Waals surface area contributed by atoms with E-state index >= 15 is 4.39 Å². The van der Waals surface area contributed by atoms with Crippen LogP contribution in [0.15, 0.2) is 48.7 Å². The van der Waals surface area contributed by atoms with E-state index in [1.54, 1.807) is 20.8 Å². The van der Waals surface area contributed by atoms with Crippen LogP contribution in [0.5, 0.6) is 11.5 Å². The maximum absolute atomic E-state index is 15.2. The van der Waals surface area contributed by atoms with Crippen LogP contribution in [-0.4, -0.2) is 68.3 Å². The van der Waals surface area contributed by atoms with Gasteiger partial charge in [0.1, 0.15) is 17.1 Å². The molecule has 5 rings (SSSR count). The number of carbonyl (C=O) groups excluding carboxylic acids is 3. The number of fused-ring (bicyclic) bond motifs is 1. The van der Waals surface area contributed by atoms with Crippen LogP contribution >= 0.6 is 0 Å². The van der Waals surface area contributed by atoms with Gasteiger partial charge < -0.3 is 25.4 Å². The topological polar surface area (TPSA) is 153 Å². The number of imide groups is 1. The number of ether oxygens (including phenoxy) is 1. The van der Waals surface area contributed by atoms with Crippen molar-refractivity contribution < 1.29 is 37.4 Å². The van der Waals surface area contributed by atoms with E-state index in [1.807, 2.05) is 0 Å². The Morgan fingerprint density at radius 2 is 1.84 bits per heavy atom. The van der Waals surface area contributed by atoms with E-state index in [0.29, 0.717) is 27.8 Å². The highest BCUT2D eigenvalue weighted by Crippen LogP contribution is 2.35. The molecule has 15 heteroatoms. The lowest BCUT2D eigenvalue weighted by molar-refractivity contribution is -0.132. The third-order valence-electron chi connectivity index (χ3n) is 6.94. The van der Waals surface area contributed by atoms with Crippen molar-refractivity contribution in [1.29, 1.82) is 0 Å². The molecule has 2 aromatic heterocycles. The van der Waals surface area contributed by atoms with Gasteiger partial charge in [-0.25, -0.2) is 27.8 Å². The SMILES string of the molecule is CC(C)N1CC(C(=O)Nc2ccc(Oc3ccnc4[nH]nc(N[C@H](C)CO)c34)c(F)c2)C(=O)N(c2ccc(F)c(F)c2)C1=O. The summed E-state index contributed by atoms with van der Waals surface area (Å²) in [6, 6.07) is 6.13. The zero-order valence-electron chi connectivity index (χ0n) is 23.8. The third kappa shape index (κ3) is 5.86. The van der Waals surface area contributed by atoms with E-state index < -0.39 is 47.3 Å². The van der Waals surface area contributed by atoms with Crippen LogP contribution in [-0.2, 0) is 9.59 Å². The quantitative estimate of drug-likeness (QED) is 0.203. The van der Waals surface area contributed by atoms with Gasteiger partial charge in [0.25, 0.3) is 0 Å². The summed E-state index contributed by atoms with van der Waals surface area (Å²) >= 11 is 0. The van der Waals surface area contributed by atoms with E-state index in [1.165, 1.54) is 29.3 Å². The van der Waals surface area contributed by atoms with Crippen molar-refractivity contribution in [2.45, 2.75) is 32.9 Å². The van der Waals surface area contributed by atoms with Gasteiger partial charge in [-0.05, 0) is 45.0 Å². The maximum atomic E-state index is 15.2. The molecular formula is C29H28F3N7O5. The van der Waals surface area contributed by atoms with E-state index in [9.17, 15) is 28.3 Å². The van der Waals surface area contributed by atoms with Crippen LogP contribution in [0.25, 0.3) is 11.0 Å². The number of amides is 4. The number of aromatic nitrogens is 3. The fraction of sp³-hybridized carbons (Fsp3) is 0.276. The van der Waals surface area contributed by atoms with E-state index in [4.69, 9.17) is 4.74 Å². The largest absolute Gasteiger partial charge is 0.453 e. The molecule has 1 fully saturated rings. The van der Waals surface area contributed by atoms with Crippen molar-refractivity contribution >= 4 is 46.1 Å². The molecule has 12 nitrogen and oxygen atoms in total. The second-order valence-electron chi connectivity index (χ2n) is 10.4. The first kappa shape index (κ1) is 30.3. The first-order valence-electron chi connectivity index (χ1n) is 13.6. The smallest absolute Gasteiger partial charge is 0.331 e. The van der Waals surface area contributed by atoms with E-state index in [2.05, 4.69) is 25.8 Å². The van der Waals surface area contributed by atoms with Gasteiger partial charge in [-0.2, -0.15) is 5.10 Å². The zero-order chi connectivity index (χ0) is 31.7. The minimum atomic E-state index is -1.43. The summed E-state index contributed by atoms with van der Waals surface area (Å²) in [5.41, 5.74) is 0.131. The Morgan fingerprint density at radius 1 is 1.07 bits per heavy atom. The maximum Gasteiger partial charge on any atom is 0.331 e. The minimum Gasteiger partial charge on any atom is -0.453 e. The van der Waals surface area contributed by atoms with Crippen LogP contribution in [0.3, 0.4) is 0 Å². The number of hydrogen-bond donors (Lipinski definition) is 4. The normalized spacial score (nSPS) is 16.0. The first-order chi connectivity index (χ1) is 21.0. The van der Waals surface area contributed by atoms with Gasteiger partial charge in [0.05, 0.1) is 12.3 Å². The molecule has 0 radical (unpaired) electrons. The van der Waals surface area contributed by atoms with Gasteiger partial charge in [0, 0.05) is 48.7 Å². The lowest BCUT2D eigenvalue weighted by Crippen LogP contribution is -2.61. The molecule has 3 heterocycles. The molecular weight excluding hydrogens is 583 g/mol. The predicted molar refractivity (Wildman–Crippen MR) is 154 cm³/mol. The van der Waals surface area contributed by atoms with Crippen molar-refractivity contribution in [3.8, 4) is 11.5 Å². The van der Waals surface area contributed by atoms with Crippen LogP contribution in [0.1, 0.15) is 20.8 Å². The number of benzene rings is 2. The summed E-state index contributed by atoms with van der Waals surface area (Å²) in [6.07, 6.45) is 1.44. The number of rotatable bonds is 9. The molecule has 1 saturated heterocycles. The second kappa shape index (κ2) is 12.2. The number of anilines is 3. The fourth-order valence-electron chi connectivity index (χ4n) is 4.62. The van der Waals surface area contributed by atoms with Crippen molar-refractivity contribution in [2.24, 2.45) is 5.92 Å². The summed E-state index contributed by atoms with van der Waals surface area (Å²) in [7, 11) is 0. The second-order valence-corrected chi connectivity index (χ2v) is 10.4. The number of aliphatic hydroxyl groups excluding tert-OH is 1. The molecule has 0 spiro atoms. The van der Waals surface area contributed by atoms with Crippen molar-refractivity contribution in [2.75, 3.05) is 28.7 Å². The van der Waals surface area contributed by atoms with Gasteiger partial charge >= 0.3 is 6.03 Å². The van der Waals surface area contributed by atoms with Gasteiger partial charge in [0.15, 0.2) is 34.7 Å². The summed E-state index contributed by atoms with van der Waals surface area (Å²) in [4.78, 5) is 45.7. The Kier molecular flexibility index (Phi) is 8.40. The van der Waals surface area contributed by atoms with E-state index in [0.717, 1.165) is 18.2 Å². The number of aromatic amines is 1. The number of H-pyrrole nitrogens is 1. The van der Waals surface area contributed by atoms with Crippen molar-refractivity contribution in [3.05, 3.63) is 66.1 Å². The average Bonchev–Trinajstić information content (AvgIpc) is 3.39. The van der Waals surface area contributed by atoms with Gasteiger partial charge in [-0.15, -0.1) is 0 Å². The Balaban J connectivity index is 1.36. The number of halogens is 3. The van der Waals surface area contributed by atoms with Crippen LogP contribution in [0, 0.1) is 23.4 Å². The number of nitrogens with one attached hydrogen (secondary N) is 3. The number of urea groups is 1. The molecule has 4 aromatic rings. The fourth-order valence-corrected chi connectivity index (χ4v) is 4.62. The predicted octanol–water partition coefficient (Wildman–Crippen LogP) is 4.39. The Morgan fingerprint density at radius 3 is 2.52 bits per heavy atom. The lowest BCUT2D eigenvalue weighted by atomic mass is 10.0. The molecule has 4 amide bonds.